The van der Waals surface area contributed by atoms with Crippen LogP contribution in [0.25, 0.3) is 20.4 Å². The van der Waals surface area contributed by atoms with Crippen molar-refractivity contribution >= 4 is 54.5 Å². The highest BCUT2D eigenvalue weighted by molar-refractivity contribution is 7.18. The van der Waals surface area contributed by atoms with Gasteiger partial charge in [0.05, 0.1) is 27.6 Å². The predicted octanol–water partition coefficient (Wildman–Crippen LogP) is 7.01. The van der Waals surface area contributed by atoms with Crippen molar-refractivity contribution in [2.24, 2.45) is 0 Å². The molecule has 0 radical (unpaired) electrons. The number of thiophene rings is 1. The van der Waals surface area contributed by atoms with Gasteiger partial charge >= 0.3 is 0 Å². The first-order valence-electron chi connectivity index (χ1n) is 10.6. The zero-order valence-corrected chi connectivity index (χ0v) is 19.2. The molecular weight excluding hydrogens is 415 g/mol. The lowest BCUT2D eigenvalue weighted by atomic mass is 9.96. The van der Waals surface area contributed by atoms with Crippen molar-refractivity contribution in [2.75, 3.05) is 25.0 Å². The van der Waals surface area contributed by atoms with E-state index in [1.54, 1.807) is 22.7 Å². The zero-order chi connectivity index (χ0) is 21.1. The fourth-order valence-electron chi connectivity index (χ4n) is 3.97. The Kier molecular flexibility index (Phi) is 6.61. The molecule has 0 aliphatic carbocycles. The predicted molar refractivity (Wildman–Crippen MR) is 128 cm³/mol. The van der Waals surface area contributed by atoms with E-state index >= 15 is 0 Å². The largest absolute Gasteiger partial charge is 0.352 e. The van der Waals surface area contributed by atoms with Crippen LogP contribution in [0.2, 0.25) is 0 Å². The SMILES string of the molecule is CC.CCN1CCCC(c2cc3c(Nc4ccc5scnc5c4)c(F)cnc3s2)C1. The summed E-state index contributed by atoms with van der Waals surface area (Å²) in [6, 6.07) is 8.10. The molecule has 5 rings (SSSR count). The summed E-state index contributed by atoms with van der Waals surface area (Å²) in [4.78, 5) is 13.4. The number of likely N-dealkylation sites (tertiary alicyclic amines) is 1. The molecule has 30 heavy (non-hydrogen) atoms. The molecule has 1 N–H and O–H groups in total. The molecule has 158 valence electrons. The summed E-state index contributed by atoms with van der Waals surface area (Å²) in [5, 5.41) is 4.15. The van der Waals surface area contributed by atoms with Crippen LogP contribution in [-0.2, 0) is 0 Å². The lowest BCUT2D eigenvalue weighted by Crippen LogP contribution is -2.33. The van der Waals surface area contributed by atoms with E-state index in [9.17, 15) is 4.39 Å². The van der Waals surface area contributed by atoms with Gasteiger partial charge < -0.3 is 10.2 Å². The van der Waals surface area contributed by atoms with Crippen molar-refractivity contribution in [1.29, 1.82) is 0 Å². The van der Waals surface area contributed by atoms with Crippen LogP contribution in [0.15, 0.2) is 36.0 Å². The molecule has 1 aliphatic rings. The topological polar surface area (TPSA) is 41.0 Å². The van der Waals surface area contributed by atoms with Crippen LogP contribution in [0.1, 0.15) is 44.4 Å². The van der Waals surface area contributed by atoms with Gasteiger partial charge in [0, 0.05) is 28.4 Å². The van der Waals surface area contributed by atoms with Crippen LogP contribution in [-0.4, -0.2) is 34.5 Å². The van der Waals surface area contributed by atoms with Crippen LogP contribution >= 0.6 is 22.7 Å². The van der Waals surface area contributed by atoms with Gasteiger partial charge in [0.15, 0.2) is 5.82 Å². The number of nitrogens with zero attached hydrogens (tertiary/aromatic N) is 3. The van der Waals surface area contributed by atoms with Gasteiger partial charge in [-0.1, -0.05) is 20.8 Å². The zero-order valence-electron chi connectivity index (χ0n) is 17.6. The lowest BCUT2D eigenvalue weighted by Gasteiger charge is -2.31. The van der Waals surface area contributed by atoms with Crippen molar-refractivity contribution in [3.63, 3.8) is 0 Å². The number of aromatic nitrogens is 2. The number of anilines is 2. The molecule has 4 aromatic rings. The van der Waals surface area contributed by atoms with Crippen LogP contribution in [0.5, 0.6) is 0 Å². The second-order valence-electron chi connectivity index (χ2n) is 7.24. The minimum atomic E-state index is -0.325. The highest BCUT2D eigenvalue weighted by Crippen LogP contribution is 2.39. The van der Waals surface area contributed by atoms with Gasteiger partial charge in [-0.25, -0.2) is 14.4 Å². The van der Waals surface area contributed by atoms with E-state index in [0.717, 1.165) is 39.2 Å². The first kappa shape index (κ1) is 21.2. The van der Waals surface area contributed by atoms with Gasteiger partial charge in [0.1, 0.15) is 4.83 Å². The highest BCUT2D eigenvalue weighted by atomic mass is 32.1. The van der Waals surface area contributed by atoms with E-state index in [2.05, 4.69) is 33.2 Å². The number of likely N-dealkylation sites (N-methyl/N-ethyl adjacent to an activating group) is 1. The molecule has 1 atom stereocenters. The number of hydrogen-bond donors (Lipinski definition) is 1. The minimum Gasteiger partial charge on any atom is -0.352 e. The van der Waals surface area contributed by atoms with Crippen molar-refractivity contribution < 1.29 is 4.39 Å². The molecule has 1 fully saturated rings. The fraction of sp³-hybridized carbons (Fsp3) is 0.391. The maximum absolute atomic E-state index is 14.7. The van der Waals surface area contributed by atoms with E-state index in [1.807, 2.05) is 37.6 Å². The summed E-state index contributed by atoms with van der Waals surface area (Å²) < 4.78 is 15.8. The molecule has 0 saturated carbocycles. The number of hydrogen-bond acceptors (Lipinski definition) is 6. The van der Waals surface area contributed by atoms with E-state index in [-0.39, 0.29) is 5.82 Å². The van der Waals surface area contributed by atoms with E-state index in [0.29, 0.717) is 11.6 Å². The molecule has 0 bridgehead atoms. The summed E-state index contributed by atoms with van der Waals surface area (Å²) in [5.41, 5.74) is 4.10. The monoisotopic (exact) mass is 442 g/mol. The first-order chi connectivity index (χ1) is 14.7. The summed E-state index contributed by atoms with van der Waals surface area (Å²) in [6.45, 7) is 9.55. The van der Waals surface area contributed by atoms with E-state index in [4.69, 9.17) is 0 Å². The summed E-state index contributed by atoms with van der Waals surface area (Å²) in [5.74, 6) is 0.184. The van der Waals surface area contributed by atoms with Crippen molar-refractivity contribution in [1.82, 2.24) is 14.9 Å². The average Bonchev–Trinajstić information content (AvgIpc) is 3.44. The van der Waals surface area contributed by atoms with Gasteiger partial charge in [0.2, 0.25) is 0 Å². The standard InChI is InChI=1S/C21H21FN4S2.C2H6/c1-2-26-7-3-4-13(11-26)19-9-15-20(16(22)10-23-21(15)28-19)25-14-5-6-18-17(8-14)24-12-27-18;1-2/h5-6,8-10,12-13H,2-4,7,11H2,1H3,(H,23,25);1-2H3. The third-order valence-electron chi connectivity index (χ3n) is 5.49. The Balaban J connectivity index is 0.00000106. The highest BCUT2D eigenvalue weighted by Gasteiger charge is 2.23. The van der Waals surface area contributed by atoms with Crippen LogP contribution in [0, 0.1) is 5.82 Å². The maximum atomic E-state index is 14.7. The molecule has 0 spiro atoms. The third kappa shape index (κ3) is 4.19. The summed E-state index contributed by atoms with van der Waals surface area (Å²) >= 11 is 3.30. The molecule has 3 aromatic heterocycles. The van der Waals surface area contributed by atoms with Gasteiger partial charge in [-0.05, 0) is 50.2 Å². The Labute approximate surface area is 184 Å². The lowest BCUT2D eigenvalue weighted by molar-refractivity contribution is 0.219. The molecule has 7 heteroatoms. The Bertz CT molecular complexity index is 1140. The van der Waals surface area contributed by atoms with E-state index < -0.39 is 0 Å². The summed E-state index contributed by atoms with van der Waals surface area (Å²) in [6.07, 6.45) is 3.73. The summed E-state index contributed by atoms with van der Waals surface area (Å²) in [7, 11) is 0. The van der Waals surface area contributed by atoms with Gasteiger partial charge in [-0.3, -0.25) is 0 Å². The molecular formula is C23H27FN4S2. The average molecular weight is 443 g/mol. The number of pyridine rings is 1. The Morgan fingerprint density at radius 3 is 2.93 bits per heavy atom. The number of benzene rings is 1. The Morgan fingerprint density at radius 1 is 1.23 bits per heavy atom. The second-order valence-corrected chi connectivity index (χ2v) is 9.19. The number of piperidine rings is 1. The van der Waals surface area contributed by atoms with Crippen LogP contribution in [0.4, 0.5) is 15.8 Å². The van der Waals surface area contributed by atoms with Gasteiger partial charge in [-0.15, -0.1) is 22.7 Å². The number of thiazole rings is 1. The number of rotatable bonds is 4. The molecule has 1 unspecified atom stereocenters. The number of fused-ring (bicyclic) bond motifs is 2. The molecule has 1 aliphatic heterocycles. The molecule has 4 heterocycles. The molecule has 1 saturated heterocycles. The smallest absolute Gasteiger partial charge is 0.165 e. The molecule has 0 amide bonds. The normalized spacial score (nSPS) is 17.1. The Morgan fingerprint density at radius 2 is 2.10 bits per heavy atom. The van der Waals surface area contributed by atoms with Crippen molar-refractivity contribution in [3.05, 3.63) is 46.7 Å². The quantitative estimate of drug-likeness (QED) is 0.369. The molecule has 4 nitrogen and oxygen atoms in total. The maximum Gasteiger partial charge on any atom is 0.165 e. The van der Waals surface area contributed by atoms with Crippen LogP contribution < -0.4 is 5.32 Å². The Hall–Kier alpha value is -2.09. The second kappa shape index (κ2) is 9.37. The van der Waals surface area contributed by atoms with Crippen LogP contribution in [0.3, 0.4) is 0 Å². The van der Waals surface area contributed by atoms with Gasteiger partial charge in [-0.2, -0.15) is 0 Å². The molecule has 1 aromatic carbocycles. The van der Waals surface area contributed by atoms with E-state index in [1.165, 1.54) is 30.5 Å². The first-order valence-corrected chi connectivity index (χ1v) is 12.3. The van der Waals surface area contributed by atoms with Crippen molar-refractivity contribution in [3.8, 4) is 0 Å². The van der Waals surface area contributed by atoms with Crippen molar-refractivity contribution in [2.45, 2.75) is 39.5 Å². The minimum absolute atomic E-state index is 0.325. The number of nitrogens with one attached hydrogen (secondary N) is 1. The fourth-order valence-corrected chi connectivity index (χ4v) is 5.76. The number of halogens is 1. The van der Waals surface area contributed by atoms with Gasteiger partial charge in [0.25, 0.3) is 0 Å². The third-order valence-corrected chi connectivity index (χ3v) is 7.51.